The number of hydrogen-bond donors (Lipinski definition) is 0. The third-order valence-corrected chi connectivity index (χ3v) is 22.6. The molecule has 0 bridgehead atoms. The molecule has 17 aromatic rings. The highest BCUT2D eigenvalue weighted by Gasteiger charge is 2.50. The number of benzene rings is 15. The van der Waals surface area contributed by atoms with Gasteiger partial charge in [0.05, 0.1) is 22.2 Å². The van der Waals surface area contributed by atoms with E-state index >= 15 is 0 Å². The van der Waals surface area contributed by atoms with E-state index in [2.05, 4.69) is 374 Å². The molecule has 0 N–H and O–H groups in total. The van der Waals surface area contributed by atoms with E-state index < -0.39 is 0 Å². The summed E-state index contributed by atoms with van der Waals surface area (Å²) in [5.74, 6) is 0. The van der Waals surface area contributed by atoms with Crippen LogP contribution in [0.5, 0.6) is 0 Å². The van der Waals surface area contributed by atoms with Crippen LogP contribution in [0.15, 0.2) is 340 Å². The van der Waals surface area contributed by atoms with Crippen LogP contribution >= 0.6 is 0 Å². The Balaban J connectivity index is 0.921. The van der Waals surface area contributed by atoms with Gasteiger partial charge in [0.15, 0.2) is 0 Å². The summed E-state index contributed by atoms with van der Waals surface area (Å²) in [6.45, 7) is -0.439. The molecule has 0 radical (unpaired) electrons. The molecule has 6 aliphatic rings. The predicted molar refractivity (Wildman–Crippen MR) is 423 cm³/mol. The molecule has 0 unspecified atom stereocenters. The quantitative estimate of drug-likeness (QED) is 0.154. The molecule has 0 amide bonds. The normalized spacial score (nSPS) is 14.0. The van der Waals surface area contributed by atoms with Gasteiger partial charge >= 0.3 is 0 Å². The molecule has 0 atom stereocenters. The van der Waals surface area contributed by atoms with Crippen LogP contribution in [0.1, 0.15) is 0 Å². The number of aromatic nitrogens is 1. The standard InChI is InChI=1S/C90H56B3N7/c1-7-28-57(29-8-1)94-69-43-22-19-40-65(69)91-68-53-52-63-82-87-80(98(61-36-15-5-16-37-61)77-50-26-48-75-85(77)93(87)67-42-21-24-45-71(67)96(75)59-32-11-3-12-33-59)56-64-81-72(100(88(64)82)89(63)90(68)99(62-38-17-6-18-39-62)78-51-27-46-73(94)83(78)91)54-55-79-86(81)92-66-41-20-23-44-70(66)95(58-30-9-2-10-31-58)74-47-25-49-76(84(74)92)97(79)60-34-13-4-14-35-60/h1-56H. The molecular formula is C90H56B3N7. The summed E-state index contributed by atoms with van der Waals surface area (Å²) in [6.07, 6.45) is 0. The Hall–Kier alpha value is -12.9. The average molecular weight is 1270 g/mol. The van der Waals surface area contributed by atoms with Gasteiger partial charge in [-0.15, -0.1) is 0 Å². The van der Waals surface area contributed by atoms with Crippen LogP contribution < -0.4 is 78.6 Å². The molecule has 0 saturated heterocycles. The van der Waals surface area contributed by atoms with Crippen LogP contribution in [0.2, 0.25) is 0 Å². The van der Waals surface area contributed by atoms with Gasteiger partial charge in [0.25, 0.3) is 20.1 Å². The number of hydrogen-bond acceptors (Lipinski definition) is 6. The Morgan fingerprint density at radius 3 is 0.940 bits per heavy atom. The van der Waals surface area contributed by atoms with Crippen molar-refractivity contribution in [1.29, 1.82) is 0 Å². The van der Waals surface area contributed by atoms with Crippen molar-refractivity contribution < 1.29 is 0 Å². The third kappa shape index (κ3) is 7.05. The molecule has 15 aromatic carbocycles. The Bertz CT molecular complexity index is 6280. The van der Waals surface area contributed by atoms with Gasteiger partial charge in [0.1, 0.15) is 0 Å². The van der Waals surface area contributed by atoms with Crippen LogP contribution in [0.4, 0.5) is 102 Å². The number of anilines is 18. The molecule has 6 aliphatic heterocycles. The Morgan fingerprint density at radius 2 is 0.510 bits per heavy atom. The van der Waals surface area contributed by atoms with Gasteiger partial charge in [-0.25, -0.2) is 0 Å². The minimum Gasteiger partial charge on any atom is -0.311 e. The lowest BCUT2D eigenvalue weighted by Crippen LogP contribution is -2.61. The maximum Gasteiger partial charge on any atom is 0.253 e. The van der Waals surface area contributed by atoms with Gasteiger partial charge in [-0.1, -0.05) is 194 Å². The van der Waals surface area contributed by atoms with Crippen LogP contribution in [0.3, 0.4) is 0 Å². The fourth-order valence-corrected chi connectivity index (χ4v) is 19.0. The number of fused-ring (bicyclic) bond motifs is 21. The molecular weight excluding hydrogens is 1210 g/mol. The zero-order valence-corrected chi connectivity index (χ0v) is 54.2. The van der Waals surface area contributed by atoms with Crippen molar-refractivity contribution in [2.45, 2.75) is 0 Å². The minimum absolute atomic E-state index is 0.108. The van der Waals surface area contributed by atoms with Crippen LogP contribution in [0, 0.1) is 0 Å². The minimum atomic E-state index is -0.168. The topological polar surface area (TPSA) is 23.9 Å². The van der Waals surface area contributed by atoms with Crippen molar-refractivity contribution in [2.24, 2.45) is 0 Å². The van der Waals surface area contributed by atoms with Gasteiger partial charge < -0.3 is 33.8 Å². The first kappa shape index (κ1) is 54.2. The highest BCUT2D eigenvalue weighted by molar-refractivity contribution is 7.03. The summed E-state index contributed by atoms with van der Waals surface area (Å²) in [4.78, 5) is 15.4. The zero-order valence-electron chi connectivity index (χ0n) is 54.2. The van der Waals surface area contributed by atoms with Gasteiger partial charge in [0, 0.05) is 118 Å². The molecule has 460 valence electrons. The average Bonchev–Trinajstić information content (AvgIpc) is 1.44. The van der Waals surface area contributed by atoms with E-state index in [0.29, 0.717) is 0 Å². The molecule has 100 heavy (non-hydrogen) atoms. The Kier molecular flexibility index (Phi) is 11.0. The van der Waals surface area contributed by atoms with E-state index in [1.165, 1.54) is 156 Å². The van der Waals surface area contributed by atoms with E-state index in [4.69, 9.17) is 0 Å². The zero-order chi connectivity index (χ0) is 65.0. The van der Waals surface area contributed by atoms with Crippen LogP contribution in [-0.4, -0.2) is 24.5 Å². The van der Waals surface area contributed by atoms with E-state index in [-0.39, 0.29) is 20.1 Å². The van der Waals surface area contributed by atoms with E-state index in [0.717, 1.165) is 34.1 Å². The third-order valence-electron chi connectivity index (χ3n) is 22.6. The lowest BCUT2D eigenvalue weighted by atomic mass is 9.32. The largest absolute Gasteiger partial charge is 0.311 e. The second-order valence-electron chi connectivity index (χ2n) is 27.3. The van der Waals surface area contributed by atoms with Gasteiger partial charge in [-0.3, -0.25) is 0 Å². The lowest BCUT2D eigenvalue weighted by Gasteiger charge is -2.45. The molecule has 0 saturated carbocycles. The molecule has 0 fully saturated rings. The summed E-state index contributed by atoms with van der Waals surface area (Å²) < 4.78 is 2.77. The van der Waals surface area contributed by atoms with Crippen molar-refractivity contribution in [3.8, 4) is 0 Å². The van der Waals surface area contributed by atoms with E-state index in [9.17, 15) is 0 Å². The maximum atomic E-state index is 2.77. The van der Waals surface area contributed by atoms with Crippen molar-refractivity contribution >= 4 is 210 Å². The lowest BCUT2D eigenvalue weighted by molar-refractivity contribution is 1.25. The number of nitrogens with zero attached hydrogens (tertiary/aromatic N) is 7. The van der Waals surface area contributed by atoms with Crippen molar-refractivity contribution in [1.82, 2.24) is 4.40 Å². The summed E-state index contributed by atoms with van der Waals surface area (Å²) in [6, 6.07) is 128. The second-order valence-corrected chi connectivity index (χ2v) is 27.3. The fraction of sp³-hybridized carbons (Fsp3) is 0. The number of para-hydroxylation sites is 9. The molecule has 0 aliphatic carbocycles. The molecule has 23 rings (SSSR count). The van der Waals surface area contributed by atoms with Crippen molar-refractivity contribution in [3.63, 3.8) is 0 Å². The van der Waals surface area contributed by atoms with Gasteiger partial charge in [-0.05, 0) is 195 Å². The highest BCUT2D eigenvalue weighted by Crippen LogP contribution is 2.54. The first-order valence-electron chi connectivity index (χ1n) is 34.9. The summed E-state index contributed by atoms with van der Waals surface area (Å²) in [5, 5.41) is 4.98. The smallest absolute Gasteiger partial charge is 0.253 e. The molecule has 8 heterocycles. The molecule has 7 nitrogen and oxygen atoms in total. The summed E-state index contributed by atoms with van der Waals surface area (Å²) >= 11 is 0. The molecule has 2 aromatic heterocycles. The predicted octanol–water partition coefficient (Wildman–Crippen LogP) is 17.1. The van der Waals surface area contributed by atoms with Crippen LogP contribution in [0.25, 0.3) is 38.1 Å². The first-order chi connectivity index (χ1) is 49.7. The SMILES string of the molecule is c1ccc(N2c3ccccc3B3c4c2cccc4N(c2ccccc2)c2ccc4c(c23)c2cc3c(c5c6ccc7c(c6n4c25)N(c2ccccc2)c2cccc4c2B7c2ccccc2N4c2ccccc2)B2c4ccccc4N(c4ccccc4)c4cccc(c42)N3c2ccccc2)cc1. The van der Waals surface area contributed by atoms with E-state index in [1.54, 1.807) is 0 Å². The Morgan fingerprint density at radius 1 is 0.190 bits per heavy atom. The van der Waals surface area contributed by atoms with Gasteiger partial charge in [-0.2, -0.15) is 0 Å². The first-order valence-corrected chi connectivity index (χ1v) is 34.9. The summed E-state index contributed by atoms with van der Waals surface area (Å²) in [7, 11) is 0. The van der Waals surface area contributed by atoms with Crippen molar-refractivity contribution in [2.75, 3.05) is 29.4 Å². The molecule has 10 heteroatoms. The van der Waals surface area contributed by atoms with Gasteiger partial charge in [0.2, 0.25) is 0 Å². The van der Waals surface area contributed by atoms with Crippen molar-refractivity contribution in [3.05, 3.63) is 340 Å². The highest BCUT2D eigenvalue weighted by atomic mass is 15.2. The Labute approximate surface area is 579 Å². The number of rotatable bonds is 6. The monoisotopic (exact) mass is 1270 g/mol. The summed E-state index contributed by atoms with van der Waals surface area (Å²) in [5.41, 5.74) is 36.1. The fourth-order valence-electron chi connectivity index (χ4n) is 19.0. The molecule has 0 spiro atoms. The second kappa shape index (κ2) is 20.3. The van der Waals surface area contributed by atoms with E-state index in [1.807, 2.05) is 0 Å². The maximum absolute atomic E-state index is 2.77. The van der Waals surface area contributed by atoms with Crippen LogP contribution in [-0.2, 0) is 0 Å².